The van der Waals surface area contributed by atoms with Crippen LogP contribution in [0.4, 0.5) is 0 Å². The Morgan fingerprint density at radius 1 is 1.40 bits per heavy atom. The molecule has 7 heteroatoms. The SMILES string of the molecule is Cc1cc(Cl)ccc1S(=O)(=O)N1CCCC[C@H]1C(=O)O. The number of carbonyl (C=O) groups is 1. The number of piperidine rings is 1. The van der Waals surface area contributed by atoms with Gasteiger partial charge in [0.15, 0.2) is 0 Å². The van der Waals surface area contributed by atoms with Crippen molar-refractivity contribution in [2.24, 2.45) is 0 Å². The molecule has 0 bridgehead atoms. The van der Waals surface area contributed by atoms with Gasteiger partial charge in [-0.3, -0.25) is 4.79 Å². The van der Waals surface area contributed by atoms with Crippen LogP contribution in [0.25, 0.3) is 0 Å². The fourth-order valence-corrected chi connectivity index (χ4v) is 4.55. The number of carboxylic acid groups (broad SMARTS) is 1. The third-order valence-electron chi connectivity index (χ3n) is 3.46. The maximum Gasteiger partial charge on any atom is 0.322 e. The van der Waals surface area contributed by atoms with E-state index in [9.17, 15) is 18.3 Å². The summed E-state index contributed by atoms with van der Waals surface area (Å²) in [6.07, 6.45) is 1.75. The van der Waals surface area contributed by atoms with Gasteiger partial charge in [-0.15, -0.1) is 0 Å². The van der Waals surface area contributed by atoms with Gasteiger partial charge in [0, 0.05) is 11.6 Å². The molecule has 0 unspecified atom stereocenters. The first kappa shape index (κ1) is 15.3. The van der Waals surface area contributed by atoms with Gasteiger partial charge in [-0.1, -0.05) is 11.6 Å². The van der Waals surface area contributed by atoms with E-state index in [1.807, 2.05) is 0 Å². The molecule has 0 spiro atoms. The Hall–Kier alpha value is -1.11. The zero-order valence-corrected chi connectivity index (χ0v) is 12.6. The van der Waals surface area contributed by atoms with Crippen molar-refractivity contribution in [2.75, 3.05) is 6.54 Å². The van der Waals surface area contributed by atoms with Gasteiger partial charge in [0.05, 0.1) is 4.90 Å². The minimum atomic E-state index is -3.81. The lowest BCUT2D eigenvalue weighted by Crippen LogP contribution is -2.47. The van der Waals surface area contributed by atoms with Crippen LogP contribution in [-0.2, 0) is 14.8 Å². The summed E-state index contributed by atoms with van der Waals surface area (Å²) in [6, 6.07) is 3.51. The van der Waals surface area contributed by atoms with Gasteiger partial charge in [0.25, 0.3) is 0 Å². The van der Waals surface area contributed by atoms with Crippen molar-refractivity contribution in [1.29, 1.82) is 0 Å². The number of rotatable bonds is 3. The van der Waals surface area contributed by atoms with Crippen LogP contribution in [-0.4, -0.2) is 36.4 Å². The molecule has 0 saturated carbocycles. The molecule has 1 N–H and O–H groups in total. The van der Waals surface area contributed by atoms with Crippen molar-refractivity contribution in [1.82, 2.24) is 4.31 Å². The van der Waals surface area contributed by atoms with E-state index in [-0.39, 0.29) is 11.4 Å². The third-order valence-corrected chi connectivity index (χ3v) is 5.77. The van der Waals surface area contributed by atoms with E-state index in [4.69, 9.17) is 11.6 Å². The van der Waals surface area contributed by atoms with E-state index in [1.54, 1.807) is 13.0 Å². The fraction of sp³-hybridized carbons (Fsp3) is 0.462. The van der Waals surface area contributed by atoms with Crippen molar-refractivity contribution >= 4 is 27.6 Å². The molecule has 1 aromatic rings. The largest absolute Gasteiger partial charge is 0.480 e. The third kappa shape index (κ3) is 2.82. The molecule has 2 rings (SSSR count). The zero-order chi connectivity index (χ0) is 14.9. The summed E-state index contributed by atoms with van der Waals surface area (Å²) in [5.41, 5.74) is 0.521. The Balaban J connectivity index is 2.45. The number of hydrogen-bond donors (Lipinski definition) is 1. The number of nitrogens with zero attached hydrogens (tertiary/aromatic N) is 1. The molecule has 20 heavy (non-hydrogen) atoms. The minimum absolute atomic E-state index is 0.120. The molecule has 0 aliphatic carbocycles. The summed E-state index contributed by atoms with van der Waals surface area (Å²) in [6.45, 7) is 1.89. The topological polar surface area (TPSA) is 74.7 Å². The first-order valence-corrected chi connectivity index (χ1v) is 8.16. The van der Waals surface area contributed by atoms with Crippen molar-refractivity contribution < 1.29 is 18.3 Å². The molecule has 1 aliphatic rings. The monoisotopic (exact) mass is 317 g/mol. The van der Waals surface area contributed by atoms with Crippen molar-refractivity contribution in [2.45, 2.75) is 37.1 Å². The second kappa shape index (κ2) is 5.71. The highest BCUT2D eigenvalue weighted by Crippen LogP contribution is 2.28. The fourth-order valence-electron chi connectivity index (χ4n) is 2.47. The normalized spacial score (nSPS) is 20.8. The standard InChI is InChI=1S/C13H16ClNO4S/c1-9-8-10(14)5-6-12(9)20(18,19)15-7-3-2-4-11(15)13(16)17/h5-6,8,11H,2-4,7H2,1H3,(H,16,17)/t11-/m0/s1. The summed E-state index contributed by atoms with van der Waals surface area (Å²) >= 11 is 5.83. The quantitative estimate of drug-likeness (QED) is 0.928. The van der Waals surface area contributed by atoms with Crippen LogP contribution in [0, 0.1) is 6.92 Å². The Morgan fingerprint density at radius 2 is 2.10 bits per heavy atom. The van der Waals surface area contributed by atoms with Crippen molar-refractivity contribution in [3.8, 4) is 0 Å². The summed E-state index contributed by atoms with van der Waals surface area (Å²) in [5, 5.41) is 9.66. The average Bonchev–Trinajstić information content (AvgIpc) is 2.38. The Bertz CT molecular complexity index is 629. The highest BCUT2D eigenvalue weighted by atomic mass is 35.5. The van der Waals surface area contributed by atoms with Gasteiger partial charge in [0.2, 0.25) is 10.0 Å². The number of aliphatic carboxylic acids is 1. The summed E-state index contributed by atoms with van der Waals surface area (Å²) < 4.78 is 26.4. The van der Waals surface area contributed by atoms with Crippen LogP contribution in [0.2, 0.25) is 5.02 Å². The predicted molar refractivity (Wildman–Crippen MR) is 75.4 cm³/mol. The Labute approximate surface area is 123 Å². The molecule has 1 saturated heterocycles. The van der Waals surface area contributed by atoms with Gasteiger partial charge < -0.3 is 5.11 Å². The van der Waals surface area contributed by atoms with E-state index in [1.165, 1.54) is 12.1 Å². The minimum Gasteiger partial charge on any atom is -0.480 e. The van der Waals surface area contributed by atoms with Gasteiger partial charge >= 0.3 is 5.97 Å². The second-order valence-electron chi connectivity index (χ2n) is 4.88. The molecule has 0 amide bonds. The Morgan fingerprint density at radius 3 is 2.70 bits per heavy atom. The zero-order valence-electron chi connectivity index (χ0n) is 11.0. The van der Waals surface area contributed by atoms with Crippen LogP contribution < -0.4 is 0 Å². The number of benzene rings is 1. The number of hydrogen-bond acceptors (Lipinski definition) is 3. The van der Waals surface area contributed by atoms with E-state index in [0.717, 1.165) is 10.7 Å². The molecule has 0 aromatic heterocycles. The molecule has 0 radical (unpaired) electrons. The number of aryl methyl sites for hydroxylation is 1. The molecule has 1 aromatic carbocycles. The highest BCUT2D eigenvalue weighted by molar-refractivity contribution is 7.89. The van der Waals surface area contributed by atoms with Crippen LogP contribution in [0.15, 0.2) is 23.1 Å². The van der Waals surface area contributed by atoms with Gasteiger partial charge in [-0.2, -0.15) is 4.31 Å². The number of carboxylic acids is 1. The lowest BCUT2D eigenvalue weighted by Gasteiger charge is -2.32. The molecule has 1 heterocycles. The van der Waals surface area contributed by atoms with Crippen LogP contribution in [0.1, 0.15) is 24.8 Å². The summed E-state index contributed by atoms with van der Waals surface area (Å²) in [7, 11) is -3.81. The summed E-state index contributed by atoms with van der Waals surface area (Å²) in [4.78, 5) is 11.4. The van der Waals surface area contributed by atoms with E-state index < -0.39 is 22.0 Å². The number of halogens is 1. The second-order valence-corrected chi connectivity index (χ2v) is 7.17. The Kier molecular flexibility index (Phi) is 4.36. The molecular formula is C13H16ClNO4S. The number of sulfonamides is 1. The smallest absolute Gasteiger partial charge is 0.322 e. The lowest BCUT2D eigenvalue weighted by atomic mass is 10.1. The first-order valence-electron chi connectivity index (χ1n) is 6.35. The maximum atomic E-state index is 12.7. The molecular weight excluding hydrogens is 302 g/mol. The molecule has 1 aliphatic heterocycles. The maximum absolute atomic E-state index is 12.7. The molecule has 110 valence electrons. The van der Waals surface area contributed by atoms with Crippen LogP contribution >= 0.6 is 11.6 Å². The van der Waals surface area contributed by atoms with E-state index >= 15 is 0 Å². The van der Waals surface area contributed by atoms with Crippen molar-refractivity contribution in [3.05, 3.63) is 28.8 Å². The van der Waals surface area contributed by atoms with E-state index in [0.29, 0.717) is 23.4 Å². The van der Waals surface area contributed by atoms with Gasteiger partial charge in [0.1, 0.15) is 6.04 Å². The molecule has 1 fully saturated rings. The first-order chi connectivity index (χ1) is 9.34. The molecule has 1 atom stereocenters. The van der Waals surface area contributed by atoms with E-state index in [2.05, 4.69) is 0 Å². The van der Waals surface area contributed by atoms with Gasteiger partial charge in [-0.25, -0.2) is 8.42 Å². The molecule has 5 nitrogen and oxygen atoms in total. The lowest BCUT2D eigenvalue weighted by molar-refractivity contribution is -0.142. The van der Waals surface area contributed by atoms with Gasteiger partial charge in [-0.05, 0) is 49.9 Å². The van der Waals surface area contributed by atoms with Crippen LogP contribution in [0.3, 0.4) is 0 Å². The summed E-state index contributed by atoms with van der Waals surface area (Å²) in [5.74, 6) is -1.10. The average molecular weight is 318 g/mol. The van der Waals surface area contributed by atoms with Crippen LogP contribution in [0.5, 0.6) is 0 Å². The van der Waals surface area contributed by atoms with Crippen molar-refractivity contribution in [3.63, 3.8) is 0 Å². The highest BCUT2D eigenvalue weighted by Gasteiger charge is 2.38. The predicted octanol–water partition coefficient (Wildman–Crippen LogP) is 2.28.